The second-order valence-electron chi connectivity index (χ2n) is 8.58. The fourth-order valence-electron chi connectivity index (χ4n) is 4.26. The SMILES string of the molecule is Cc1ccc2cc(CN(Cc3ccc4c(c3)OCO4)C(=S)NC[C@H]3CCCO3)c(=O)[nH]c2c1. The maximum Gasteiger partial charge on any atom is 0.253 e. The number of ether oxygens (including phenoxy) is 3. The number of aryl methyl sites for hydroxylation is 1. The van der Waals surface area contributed by atoms with Gasteiger partial charge in [-0.2, -0.15) is 0 Å². The largest absolute Gasteiger partial charge is 0.454 e. The number of aromatic amines is 1. The number of rotatable bonds is 6. The van der Waals surface area contributed by atoms with Crippen LogP contribution in [0.4, 0.5) is 0 Å². The lowest BCUT2D eigenvalue weighted by Crippen LogP contribution is -2.42. The lowest BCUT2D eigenvalue weighted by atomic mass is 10.1. The van der Waals surface area contributed by atoms with Crippen molar-refractivity contribution in [1.29, 1.82) is 0 Å². The summed E-state index contributed by atoms with van der Waals surface area (Å²) in [5.41, 5.74) is 3.52. The molecule has 2 aliphatic heterocycles. The monoisotopic (exact) mass is 465 g/mol. The van der Waals surface area contributed by atoms with Crippen molar-refractivity contribution in [2.75, 3.05) is 19.9 Å². The van der Waals surface area contributed by atoms with E-state index >= 15 is 0 Å². The summed E-state index contributed by atoms with van der Waals surface area (Å²) in [6.07, 6.45) is 2.27. The third-order valence-corrected chi connectivity index (χ3v) is 6.44. The molecular weight excluding hydrogens is 438 g/mol. The summed E-state index contributed by atoms with van der Waals surface area (Å²) in [4.78, 5) is 17.9. The summed E-state index contributed by atoms with van der Waals surface area (Å²) >= 11 is 5.76. The first-order valence-electron chi connectivity index (χ1n) is 11.2. The first-order valence-corrected chi connectivity index (χ1v) is 11.6. The van der Waals surface area contributed by atoms with Crippen LogP contribution in [0.5, 0.6) is 11.5 Å². The Kier molecular flexibility index (Phi) is 6.20. The molecule has 1 fully saturated rings. The Morgan fingerprint density at radius 1 is 1.15 bits per heavy atom. The summed E-state index contributed by atoms with van der Waals surface area (Å²) in [6.45, 7) is 4.60. The third-order valence-electron chi connectivity index (χ3n) is 6.04. The maximum atomic E-state index is 12.9. The fourth-order valence-corrected chi connectivity index (χ4v) is 4.47. The molecule has 1 atom stereocenters. The molecule has 3 heterocycles. The van der Waals surface area contributed by atoms with Gasteiger partial charge in [0.05, 0.1) is 12.6 Å². The molecule has 3 aromatic rings. The topological polar surface area (TPSA) is 75.8 Å². The molecule has 1 aromatic heterocycles. The first kappa shape index (κ1) is 21.7. The minimum absolute atomic E-state index is 0.106. The van der Waals surface area contributed by atoms with Crippen LogP contribution < -0.4 is 20.3 Å². The number of hydrogen-bond donors (Lipinski definition) is 2. The van der Waals surface area contributed by atoms with E-state index in [0.717, 1.165) is 53.0 Å². The van der Waals surface area contributed by atoms with Gasteiger partial charge in [-0.05, 0) is 72.8 Å². The Morgan fingerprint density at radius 2 is 2.03 bits per heavy atom. The number of hydrogen-bond acceptors (Lipinski definition) is 5. The van der Waals surface area contributed by atoms with Crippen LogP contribution in [0.15, 0.2) is 47.3 Å². The molecule has 33 heavy (non-hydrogen) atoms. The highest BCUT2D eigenvalue weighted by atomic mass is 32.1. The number of pyridine rings is 1. The molecule has 0 bridgehead atoms. The summed E-state index contributed by atoms with van der Waals surface area (Å²) in [5.74, 6) is 1.47. The Balaban J connectivity index is 1.39. The summed E-state index contributed by atoms with van der Waals surface area (Å²) in [7, 11) is 0. The van der Waals surface area contributed by atoms with E-state index in [2.05, 4.69) is 10.3 Å². The zero-order chi connectivity index (χ0) is 22.8. The van der Waals surface area contributed by atoms with Crippen molar-refractivity contribution in [2.45, 2.75) is 39.0 Å². The second-order valence-corrected chi connectivity index (χ2v) is 8.97. The van der Waals surface area contributed by atoms with E-state index in [4.69, 9.17) is 26.4 Å². The first-order chi connectivity index (χ1) is 16.0. The van der Waals surface area contributed by atoms with E-state index in [9.17, 15) is 4.79 Å². The van der Waals surface area contributed by atoms with Crippen molar-refractivity contribution < 1.29 is 14.2 Å². The number of fused-ring (bicyclic) bond motifs is 2. The van der Waals surface area contributed by atoms with Gasteiger partial charge in [0.1, 0.15) is 0 Å². The van der Waals surface area contributed by atoms with Gasteiger partial charge in [0, 0.05) is 30.8 Å². The van der Waals surface area contributed by atoms with Crippen molar-refractivity contribution >= 4 is 28.2 Å². The molecule has 8 heteroatoms. The molecule has 0 amide bonds. The molecule has 172 valence electrons. The minimum atomic E-state index is -0.106. The predicted octanol–water partition coefficient (Wildman–Crippen LogP) is 3.62. The number of nitrogens with zero attached hydrogens (tertiary/aromatic N) is 1. The van der Waals surface area contributed by atoms with E-state index in [-0.39, 0.29) is 18.5 Å². The smallest absolute Gasteiger partial charge is 0.253 e. The zero-order valence-corrected chi connectivity index (χ0v) is 19.4. The molecule has 2 N–H and O–H groups in total. The summed E-state index contributed by atoms with van der Waals surface area (Å²) in [6, 6.07) is 13.9. The van der Waals surface area contributed by atoms with Crippen molar-refractivity contribution in [1.82, 2.24) is 15.2 Å². The van der Waals surface area contributed by atoms with E-state index in [1.54, 1.807) is 0 Å². The highest BCUT2D eigenvalue weighted by molar-refractivity contribution is 7.80. The van der Waals surface area contributed by atoms with E-state index in [1.165, 1.54) is 0 Å². The van der Waals surface area contributed by atoms with Crippen molar-refractivity contribution in [3.63, 3.8) is 0 Å². The quantitative estimate of drug-likeness (QED) is 0.539. The highest BCUT2D eigenvalue weighted by Gasteiger charge is 2.20. The van der Waals surface area contributed by atoms with Crippen LogP contribution in [0.25, 0.3) is 10.9 Å². The van der Waals surface area contributed by atoms with Crippen LogP contribution >= 0.6 is 12.2 Å². The Bertz CT molecular complexity index is 1240. The molecule has 0 saturated carbocycles. The zero-order valence-electron chi connectivity index (χ0n) is 18.6. The number of H-pyrrole nitrogens is 1. The number of aromatic nitrogens is 1. The maximum absolute atomic E-state index is 12.9. The van der Waals surface area contributed by atoms with Crippen molar-refractivity contribution in [3.8, 4) is 11.5 Å². The Hall–Kier alpha value is -3.10. The van der Waals surface area contributed by atoms with Crippen molar-refractivity contribution in [3.05, 3.63) is 69.5 Å². The molecule has 1 saturated heterocycles. The minimum Gasteiger partial charge on any atom is -0.454 e. The second kappa shape index (κ2) is 9.41. The van der Waals surface area contributed by atoms with Crippen LogP contribution in [0.3, 0.4) is 0 Å². The molecule has 5 rings (SSSR count). The van der Waals surface area contributed by atoms with E-state index < -0.39 is 0 Å². The summed E-state index contributed by atoms with van der Waals surface area (Å²) < 4.78 is 16.7. The van der Waals surface area contributed by atoms with Crippen molar-refractivity contribution in [2.24, 2.45) is 0 Å². The van der Waals surface area contributed by atoms with Crippen LogP contribution in [0.1, 0.15) is 29.5 Å². The van der Waals surface area contributed by atoms with E-state index in [0.29, 0.717) is 30.3 Å². The molecule has 7 nitrogen and oxygen atoms in total. The molecule has 0 radical (unpaired) electrons. The molecule has 2 aromatic carbocycles. The predicted molar refractivity (Wildman–Crippen MR) is 131 cm³/mol. The highest BCUT2D eigenvalue weighted by Crippen LogP contribution is 2.33. The van der Waals surface area contributed by atoms with Gasteiger partial charge in [-0.3, -0.25) is 4.79 Å². The average molecular weight is 466 g/mol. The average Bonchev–Trinajstić information content (AvgIpc) is 3.49. The van der Waals surface area contributed by atoms with Gasteiger partial charge in [0.2, 0.25) is 6.79 Å². The van der Waals surface area contributed by atoms with Crippen LogP contribution in [-0.2, 0) is 17.8 Å². The van der Waals surface area contributed by atoms with Gasteiger partial charge in [0.25, 0.3) is 5.56 Å². The normalized spacial score (nSPS) is 16.8. The van der Waals surface area contributed by atoms with Crippen LogP contribution in [0, 0.1) is 6.92 Å². The van der Waals surface area contributed by atoms with Gasteiger partial charge in [-0.1, -0.05) is 18.2 Å². The molecular formula is C25H27N3O4S. The van der Waals surface area contributed by atoms with Gasteiger partial charge in [-0.15, -0.1) is 0 Å². The number of thiocarbonyl (C=S) groups is 1. The lowest BCUT2D eigenvalue weighted by molar-refractivity contribution is 0.113. The third kappa shape index (κ3) is 4.96. The fraction of sp³-hybridized carbons (Fsp3) is 0.360. The standard InChI is InChI=1S/C25H27N3O4S/c1-16-4-6-18-11-19(24(29)27-21(18)9-16)14-28(25(33)26-12-20-3-2-8-30-20)13-17-5-7-22-23(10-17)32-15-31-22/h4-7,9-11,20H,2-3,8,12-15H2,1H3,(H,26,33)(H,27,29)/t20-/m1/s1. The van der Waals surface area contributed by atoms with Gasteiger partial charge in [0.15, 0.2) is 16.6 Å². The molecule has 0 unspecified atom stereocenters. The Labute approximate surface area is 197 Å². The van der Waals surface area contributed by atoms with Gasteiger partial charge >= 0.3 is 0 Å². The van der Waals surface area contributed by atoms with E-state index in [1.807, 2.05) is 54.3 Å². The summed E-state index contributed by atoms with van der Waals surface area (Å²) in [5, 5.41) is 4.93. The number of benzene rings is 2. The Morgan fingerprint density at radius 3 is 2.88 bits per heavy atom. The van der Waals surface area contributed by atoms with Crippen LogP contribution in [0.2, 0.25) is 0 Å². The van der Waals surface area contributed by atoms with Gasteiger partial charge < -0.3 is 29.4 Å². The van der Waals surface area contributed by atoms with Crippen LogP contribution in [-0.4, -0.2) is 41.0 Å². The van der Waals surface area contributed by atoms with Gasteiger partial charge in [-0.25, -0.2) is 0 Å². The molecule has 0 spiro atoms. The lowest BCUT2D eigenvalue weighted by Gasteiger charge is -2.27. The molecule has 0 aliphatic carbocycles. The number of nitrogens with one attached hydrogen (secondary N) is 2. The molecule has 2 aliphatic rings.